The van der Waals surface area contributed by atoms with Crippen molar-refractivity contribution in [3.63, 3.8) is 0 Å². The van der Waals surface area contributed by atoms with Crippen LogP contribution in [0.15, 0.2) is 48.2 Å². The number of nitrogens with zero attached hydrogens (tertiary/aromatic N) is 2. The van der Waals surface area contributed by atoms with Gasteiger partial charge in [0.1, 0.15) is 17.3 Å². The quantitative estimate of drug-likeness (QED) is 0.576. The molecule has 2 aliphatic heterocycles. The number of hydrogen-bond donors (Lipinski definition) is 1. The van der Waals surface area contributed by atoms with Gasteiger partial charge in [-0.2, -0.15) is 0 Å². The first kappa shape index (κ1) is 20.8. The number of urea groups is 1. The van der Waals surface area contributed by atoms with Gasteiger partial charge >= 0.3 is 6.03 Å². The highest BCUT2D eigenvalue weighted by atomic mass is 19.1. The van der Waals surface area contributed by atoms with Crippen molar-refractivity contribution in [2.75, 3.05) is 11.9 Å². The highest BCUT2D eigenvalue weighted by Crippen LogP contribution is 2.39. The smallest absolute Gasteiger partial charge is 0.329 e. The number of likely N-dealkylation sites (N-methyl/N-ethyl adjacent to an activating group) is 1. The Kier molecular flexibility index (Phi) is 4.92. The van der Waals surface area contributed by atoms with Crippen molar-refractivity contribution in [2.45, 2.75) is 32.9 Å². The number of halogens is 2. The molecule has 7 heteroatoms. The number of allylic oxidation sites excluding steroid dienone is 1. The molecule has 2 aromatic rings. The molecule has 160 valence electrons. The van der Waals surface area contributed by atoms with Crippen molar-refractivity contribution in [1.82, 2.24) is 10.2 Å². The zero-order valence-corrected chi connectivity index (χ0v) is 17.8. The van der Waals surface area contributed by atoms with Gasteiger partial charge < -0.3 is 10.2 Å². The van der Waals surface area contributed by atoms with Crippen LogP contribution in [0, 0.1) is 11.6 Å². The summed E-state index contributed by atoms with van der Waals surface area (Å²) < 4.78 is 28.0. The van der Waals surface area contributed by atoms with Crippen LogP contribution in [-0.2, 0) is 11.3 Å². The second-order valence-corrected chi connectivity index (χ2v) is 8.44. The molecular weight excluding hydrogens is 400 g/mol. The van der Waals surface area contributed by atoms with E-state index in [1.807, 2.05) is 18.9 Å². The molecule has 1 saturated heterocycles. The number of fused-ring (bicyclic) bond motifs is 1. The molecule has 0 radical (unpaired) electrons. The van der Waals surface area contributed by atoms with Crippen LogP contribution in [0.25, 0.3) is 11.6 Å². The SMILES string of the molecule is CC1=CC(C)(C)N(C)c2cc(F)c(/C=C3/NC(=O)N(Cc4ccc(F)cc4)C3=O)cc21. The average molecular weight is 423 g/mol. The van der Waals surface area contributed by atoms with Crippen LogP contribution < -0.4 is 10.2 Å². The monoisotopic (exact) mass is 423 g/mol. The third-order valence-electron chi connectivity index (χ3n) is 5.85. The maximum atomic E-state index is 14.9. The van der Waals surface area contributed by atoms with Gasteiger partial charge in [-0.25, -0.2) is 13.6 Å². The van der Waals surface area contributed by atoms with Crippen molar-refractivity contribution in [3.8, 4) is 0 Å². The number of imide groups is 1. The summed E-state index contributed by atoms with van der Waals surface area (Å²) in [6.07, 6.45) is 3.46. The van der Waals surface area contributed by atoms with E-state index in [0.29, 0.717) is 5.56 Å². The Hall–Kier alpha value is -3.48. The molecule has 0 aliphatic carbocycles. The number of rotatable bonds is 3. The fraction of sp³-hybridized carbons (Fsp3) is 0.250. The van der Waals surface area contributed by atoms with Crippen LogP contribution in [0.3, 0.4) is 0 Å². The fourth-order valence-corrected chi connectivity index (χ4v) is 3.94. The molecule has 0 unspecified atom stereocenters. The van der Waals surface area contributed by atoms with Crippen LogP contribution in [0.4, 0.5) is 19.3 Å². The summed E-state index contributed by atoms with van der Waals surface area (Å²) in [6, 6.07) is 8.09. The lowest BCUT2D eigenvalue weighted by Gasteiger charge is -2.40. The molecule has 0 aromatic heterocycles. The van der Waals surface area contributed by atoms with E-state index in [0.717, 1.165) is 21.7 Å². The highest BCUT2D eigenvalue weighted by Gasteiger charge is 2.34. The Bertz CT molecular complexity index is 1150. The van der Waals surface area contributed by atoms with E-state index in [2.05, 4.69) is 25.2 Å². The van der Waals surface area contributed by atoms with E-state index in [9.17, 15) is 18.4 Å². The minimum absolute atomic E-state index is 0.00270. The van der Waals surface area contributed by atoms with E-state index in [1.165, 1.54) is 36.4 Å². The maximum Gasteiger partial charge on any atom is 0.329 e. The fourth-order valence-electron chi connectivity index (χ4n) is 3.94. The topological polar surface area (TPSA) is 52.7 Å². The maximum absolute atomic E-state index is 14.9. The standard InChI is InChI=1S/C24H23F2N3O2/c1-14-12-24(2,3)28(4)21-11-19(26)16(9-18(14)21)10-20-22(30)29(23(31)27-20)13-15-5-7-17(25)8-6-15/h5-12H,13H2,1-4H3,(H,27,31)/b20-10+. The van der Waals surface area contributed by atoms with Gasteiger partial charge in [0, 0.05) is 23.9 Å². The third kappa shape index (κ3) is 3.71. The normalized spacial score (nSPS) is 18.9. The molecular formula is C24H23F2N3O2. The predicted octanol–water partition coefficient (Wildman–Crippen LogP) is 4.69. The Balaban J connectivity index is 1.65. The molecule has 2 heterocycles. The van der Waals surface area contributed by atoms with Gasteiger partial charge in [0.05, 0.1) is 12.1 Å². The Morgan fingerprint density at radius 2 is 1.77 bits per heavy atom. The summed E-state index contributed by atoms with van der Waals surface area (Å²) in [6.45, 7) is 6.07. The molecule has 4 rings (SSSR count). The third-order valence-corrected chi connectivity index (χ3v) is 5.85. The first-order valence-electron chi connectivity index (χ1n) is 9.93. The van der Waals surface area contributed by atoms with Crippen molar-refractivity contribution >= 4 is 29.3 Å². The molecule has 2 aliphatic rings. The molecule has 5 nitrogen and oxygen atoms in total. The second-order valence-electron chi connectivity index (χ2n) is 8.44. The number of amides is 3. The van der Waals surface area contributed by atoms with E-state index < -0.39 is 23.6 Å². The minimum Gasteiger partial charge on any atom is -0.365 e. The van der Waals surface area contributed by atoms with Gasteiger partial charge in [0.25, 0.3) is 5.91 Å². The molecule has 0 bridgehead atoms. The first-order valence-corrected chi connectivity index (χ1v) is 9.93. The van der Waals surface area contributed by atoms with E-state index in [1.54, 1.807) is 6.07 Å². The van der Waals surface area contributed by atoms with Gasteiger partial charge in [-0.1, -0.05) is 18.2 Å². The number of nitrogens with one attached hydrogen (secondary N) is 1. The summed E-state index contributed by atoms with van der Waals surface area (Å²) in [5, 5.41) is 2.51. The van der Waals surface area contributed by atoms with Crippen molar-refractivity contribution < 1.29 is 18.4 Å². The molecule has 0 saturated carbocycles. The van der Waals surface area contributed by atoms with Crippen molar-refractivity contribution in [2.24, 2.45) is 0 Å². The zero-order valence-electron chi connectivity index (χ0n) is 17.8. The summed E-state index contributed by atoms with van der Waals surface area (Å²) >= 11 is 0. The summed E-state index contributed by atoms with van der Waals surface area (Å²) in [5.41, 5.74) is 3.22. The van der Waals surface area contributed by atoms with Gasteiger partial charge in [0.2, 0.25) is 0 Å². The van der Waals surface area contributed by atoms with E-state index in [-0.39, 0.29) is 23.3 Å². The van der Waals surface area contributed by atoms with E-state index >= 15 is 0 Å². The van der Waals surface area contributed by atoms with E-state index in [4.69, 9.17) is 0 Å². The Morgan fingerprint density at radius 3 is 2.45 bits per heavy atom. The van der Waals surface area contributed by atoms with Gasteiger partial charge in [-0.3, -0.25) is 9.69 Å². The predicted molar refractivity (Wildman–Crippen MR) is 116 cm³/mol. The van der Waals surface area contributed by atoms with Crippen molar-refractivity contribution in [3.05, 3.63) is 76.5 Å². The minimum atomic E-state index is -0.600. The van der Waals surface area contributed by atoms with Gasteiger partial charge in [-0.15, -0.1) is 0 Å². The largest absolute Gasteiger partial charge is 0.365 e. The number of carbonyl (C=O) groups excluding carboxylic acids is 2. The summed E-state index contributed by atoms with van der Waals surface area (Å²) in [4.78, 5) is 28.1. The van der Waals surface area contributed by atoms with Crippen molar-refractivity contribution in [1.29, 1.82) is 0 Å². The summed E-state index contributed by atoms with van der Waals surface area (Å²) in [5.74, 6) is -1.44. The molecule has 0 spiro atoms. The first-order chi connectivity index (χ1) is 14.6. The van der Waals surface area contributed by atoms with Crippen LogP contribution >= 0.6 is 0 Å². The summed E-state index contributed by atoms with van der Waals surface area (Å²) in [7, 11) is 1.91. The molecule has 1 N–H and O–H groups in total. The molecule has 31 heavy (non-hydrogen) atoms. The van der Waals surface area contributed by atoms with Crippen LogP contribution in [0.5, 0.6) is 0 Å². The van der Waals surface area contributed by atoms with Gasteiger partial charge in [-0.05, 0) is 62.2 Å². The van der Waals surface area contributed by atoms with Crippen LogP contribution in [-0.4, -0.2) is 29.4 Å². The molecule has 0 atom stereocenters. The highest BCUT2D eigenvalue weighted by molar-refractivity contribution is 6.14. The lowest BCUT2D eigenvalue weighted by atomic mass is 9.88. The molecule has 2 aromatic carbocycles. The lowest BCUT2D eigenvalue weighted by molar-refractivity contribution is -0.123. The second kappa shape index (κ2) is 7.34. The van der Waals surface area contributed by atoms with Crippen LogP contribution in [0.2, 0.25) is 0 Å². The lowest BCUT2D eigenvalue weighted by Crippen LogP contribution is -2.42. The Morgan fingerprint density at radius 1 is 1.10 bits per heavy atom. The molecule has 1 fully saturated rings. The van der Waals surface area contributed by atoms with Gasteiger partial charge in [0.15, 0.2) is 0 Å². The molecule has 3 amide bonds. The number of hydrogen-bond acceptors (Lipinski definition) is 3. The Labute approximate surface area is 179 Å². The zero-order chi connectivity index (χ0) is 22.5. The number of benzene rings is 2. The van der Waals surface area contributed by atoms with Crippen LogP contribution in [0.1, 0.15) is 37.5 Å². The average Bonchev–Trinajstić information content (AvgIpc) is 2.96. The number of carbonyl (C=O) groups is 2. The number of anilines is 1.